The maximum absolute atomic E-state index is 13.1. The van der Waals surface area contributed by atoms with Gasteiger partial charge in [-0.05, 0) is 55.2 Å². The van der Waals surface area contributed by atoms with Crippen molar-refractivity contribution < 1.29 is 26.4 Å². The summed E-state index contributed by atoms with van der Waals surface area (Å²) in [6, 6.07) is 10.0. The second-order valence-corrected chi connectivity index (χ2v) is 10.2. The van der Waals surface area contributed by atoms with Crippen LogP contribution >= 0.6 is 11.6 Å². The third-order valence-corrected chi connectivity index (χ3v) is 6.82. The quantitative estimate of drug-likeness (QED) is 0.607. The summed E-state index contributed by atoms with van der Waals surface area (Å²) in [4.78, 5) is 14.8. The molecule has 1 heterocycles. The van der Waals surface area contributed by atoms with E-state index in [0.717, 1.165) is 55.6 Å². The summed E-state index contributed by atoms with van der Waals surface area (Å²) in [5.41, 5.74) is 0.444. The third kappa shape index (κ3) is 6.77. The van der Waals surface area contributed by atoms with Crippen LogP contribution in [0.4, 0.5) is 24.5 Å². The summed E-state index contributed by atoms with van der Waals surface area (Å²) >= 11 is 5.97. The van der Waals surface area contributed by atoms with Gasteiger partial charge in [0, 0.05) is 25.3 Å². The van der Waals surface area contributed by atoms with E-state index in [4.69, 9.17) is 11.6 Å². The van der Waals surface area contributed by atoms with E-state index in [0.29, 0.717) is 10.4 Å². The van der Waals surface area contributed by atoms with E-state index >= 15 is 0 Å². The van der Waals surface area contributed by atoms with Crippen molar-refractivity contribution in [2.24, 2.45) is 0 Å². The SMILES string of the molecule is CS(=O)(=O)N(CC(=O)NCc1ccc(N2CCCCC2)cc1)c1cc(C(F)(F)F)ccc1Cl. The highest BCUT2D eigenvalue weighted by Gasteiger charge is 2.33. The Morgan fingerprint density at radius 3 is 2.30 bits per heavy atom. The number of nitrogens with one attached hydrogen (secondary N) is 1. The number of carbonyl (C=O) groups excluding carboxylic acids is 1. The van der Waals surface area contributed by atoms with Crippen molar-refractivity contribution in [3.8, 4) is 0 Å². The van der Waals surface area contributed by atoms with E-state index in [9.17, 15) is 26.4 Å². The fourth-order valence-electron chi connectivity index (χ4n) is 3.62. The molecule has 2 aromatic carbocycles. The maximum atomic E-state index is 13.1. The molecule has 0 spiro atoms. The number of halogens is 4. The second-order valence-electron chi connectivity index (χ2n) is 7.92. The first-order valence-electron chi connectivity index (χ1n) is 10.4. The van der Waals surface area contributed by atoms with E-state index in [1.807, 2.05) is 24.3 Å². The monoisotopic (exact) mass is 503 g/mol. The topological polar surface area (TPSA) is 69.7 Å². The van der Waals surface area contributed by atoms with Crippen LogP contribution in [-0.4, -0.2) is 40.2 Å². The predicted molar refractivity (Wildman–Crippen MR) is 123 cm³/mol. The molecule has 1 aliphatic heterocycles. The van der Waals surface area contributed by atoms with Crippen LogP contribution in [0.15, 0.2) is 42.5 Å². The summed E-state index contributed by atoms with van der Waals surface area (Å²) in [7, 11) is -4.08. The van der Waals surface area contributed by atoms with E-state index in [-0.39, 0.29) is 11.6 Å². The van der Waals surface area contributed by atoms with Gasteiger partial charge in [-0.1, -0.05) is 23.7 Å². The molecule has 0 aliphatic carbocycles. The standard InChI is InChI=1S/C22H25ClF3N3O3S/c1-33(31,32)29(20-13-17(22(24,25)26)7-10-19(20)23)15-21(30)27-14-16-5-8-18(9-6-16)28-11-3-2-4-12-28/h5-10,13H,2-4,11-12,14-15H2,1H3,(H,27,30). The molecule has 0 unspecified atom stereocenters. The number of carbonyl (C=O) groups is 1. The predicted octanol–water partition coefficient (Wildman–Crippen LogP) is 4.43. The maximum Gasteiger partial charge on any atom is 0.416 e. The second kappa shape index (κ2) is 10.2. The average Bonchev–Trinajstić information content (AvgIpc) is 2.76. The zero-order valence-electron chi connectivity index (χ0n) is 18.0. The number of anilines is 2. The summed E-state index contributed by atoms with van der Waals surface area (Å²) < 4.78 is 64.3. The number of rotatable bonds is 7. The Kier molecular flexibility index (Phi) is 7.79. The molecule has 2 aromatic rings. The van der Waals surface area contributed by atoms with Gasteiger partial charge in [0.25, 0.3) is 0 Å². The molecule has 0 aromatic heterocycles. The molecular formula is C22H25ClF3N3O3S. The van der Waals surface area contributed by atoms with Crippen LogP contribution in [0.2, 0.25) is 5.02 Å². The molecule has 1 fully saturated rings. The minimum Gasteiger partial charge on any atom is -0.372 e. The highest BCUT2D eigenvalue weighted by Crippen LogP contribution is 2.36. The highest BCUT2D eigenvalue weighted by atomic mass is 35.5. The van der Waals surface area contributed by atoms with Gasteiger partial charge in [0.1, 0.15) is 6.54 Å². The Morgan fingerprint density at radius 1 is 1.09 bits per heavy atom. The Hall–Kier alpha value is -2.46. The van der Waals surface area contributed by atoms with Crippen LogP contribution in [-0.2, 0) is 27.5 Å². The molecule has 3 rings (SSSR count). The molecule has 1 aliphatic rings. The normalized spacial score (nSPS) is 14.8. The molecular weight excluding hydrogens is 479 g/mol. The fourth-order valence-corrected chi connectivity index (χ4v) is 4.75. The van der Waals surface area contributed by atoms with Crippen molar-refractivity contribution in [3.63, 3.8) is 0 Å². The van der Waals surface area contributed by atoms with E-state index in [1.165, 1.54) is 6.42 Å². The van der Waals surface area contributed by atoms with Gasteiger partial charge in [-0.3, -0.25) is 9.10 Å². The minimum absolute atomic E-state index is 0.146. The number of benzene rings is 2. The van der Waals surface area contributed by atoms with E-state index < -0.39 is 39.9 Å². The van der Waals surface area contributed by atoms with Gasteiger partial charge in [-0.15, -0.1) is 0 Å². The largest absolute Gasteiger partial charge is 0.416 e. The summed E-state index contributed by atoms with van der Waals surface area (Å²) in [6.07, 6.45) is -0.340. The summed E-state index contributed by atoms with van der Waals surface area (Å²) in [5, 5.41) is 2.40. The molecule has 0 radical (unpaired) electrons. The Balaban J connectivity index is 1.68. The van der Waals surface area contributed by atoms with Crippen LogP contribution in [0.3, 0.4) is 0 Å². The minimum atomic E-state index is -4.69. The van der Waals surface area contributed by atoms with Gasteiger partial charge in [0.05, 0.1) is 22.5 Å². The molecule has 0 bridgehead atoms. The van der Waals surface area contributed by atoms with Crippen molar-refractivity contribution >= 4 is 38.9 Å². The van der Waals surface area contributed by atoms with Gasteiger partial charge in [-0.25, -0.2) is 8.42 Å². The molecule has 6 nitrogen and oxygen atoms in total. The molecule has 0 saturated carbocycles. The molecule has 1 amide bonds. The summed E-state index contributed by atoms with van der Waals surface area (Å²) in [6.45, 7) is 1.46. The van der Waals surface area contributed by atoms with Crippen molar-refractivity contribution in [1.82, 2.24) is 5.32 Å². The van der Waals surface area contributed by atoms with Crippen LogP contribution in [0.1, 0.15) is 30.4 Å². The third-order valence-electron chi connectivity index (χ3n) is 5.38. The first-order chi connectivity index (χ1) is 15.4. The van der Waals surface area contributed by atoms with Crippen LogP contribution < -0.4 is 14.5 Å². The van der Waals surface area contributed by atoms with Gasteiger partial charge >= 0.3 is 6.18 Å². The van der Waals surface area contributed by atoms with Gasteiger partial charge in [-0.2, -0.15) is 13.2 Å². The van der Waals surface area contributed by atoms with Crippen molar-refractivity contribution in [3.05, 3.63) is 58.6 Å². The molecule has 33 heavy (non-hydrogen) atoms. The zero-order chi connectivity index (χ0) is 24.2. The van der Waals surface area contributed by atoms with Gasteiger partial charge < -0.3 is 10.2 Å². The van der Waals surface area contributed by atoms with Gasteiger partial charge in [0.15, 0.2) is 0 Å². The molecule has 0 atom stereocenters. The lowest BCUT2D eigenvalue weighted by Gasteiger charge is -2.28. The van der Waals surface area contributed by atoms with Gasteiger partial charge in [0.2, 0.25) is 15.9 Å². The Bertz CT molecular complexity index is 1090. The molecule has 1 saturated heterocycles. The molecule has 1 N–H and O–H groups in total. The molecule has 11 heteroatoms. The lowest BCUT2D eigenvalue weighted by Crippen LogP contribution is -2.40. The Morgan fingerprint density at radius 2 is 1.73 bits per heavy atom. The van der Waals surface area contributed by atoms with E-state index in [2.05, 4.69) is 10.2 Å². The summed E-state index contributed by atoms with van der Waals surface area (Å²) in [5.74, 6) is -0.672. The number of sulfonamides is 1. The number of hydrogen-bond donors (Lipinski definition) is 1. The first-order valence-corrected chi connectivity index (χ1v) is 12.6. The van der Waals surface area contributed by atoms with Crippen LogP contribution in [0, 0.1) is 0 Å². The van der Waals surface area contributed by atoms with E-state index in [1.54, 1.807) is 0 Å². The number of piperidine rings is 1. The highest BCUT2D eigenvalue weighted by molar-refractivity contribution is 7.92. The van der Waals surface area contributed by atoms with Crippen molar-refractivity contribution in [2.45, 2.75) is 32.0 Å². The lowest BCUT2D eigenvalue weighted by atomic mass is 10.1. The number of hydrogen-bond acceptors (Lipinski definition) is 4. The number of amides is 1. The van der Waals surface area contributed by atoms with Crippen molar-refractivity contribution in [1.29, 1.82) is 0 Å². The van der Waals surface area contributed by atoms with Crippen molar-refractivity contribution in [2.75, 3.05) is 35.1 Å². The zero-order valence-corrected chi connectivity index (χ0v) is 19.6. The van der Waals surface area contributed by atoms with Crippen LogP contribution in [0.25, 0.3) is 0 Å². The lowest BCUT2D eigenvalue weighted by molar-refractivity contribution is -0.137. The van der Waals surface area contributed by atoms with Crippen LogP contribution in [0.5, 0.6) is 0 Å². The number of nitrogens with zero attached hydrogens (tertiary/aromatic N) is 2. The Labute approximate surface area is 196 Å². The average molecular weight is 504 g/mol. The smallest absolute Gasteiger partial charge is 0.372 e. The number of alkyl halides is 3. The first kappa shape index (κ1) is 25.2. The fraction of sp³-hybridized carbons (Fsp3) is 0.409. The molecule has 180 valence electrons.